The molecule has 0 aromatic carbocycles. The minimum absolute atomic E-state index is 0.257. The van der Waals surface area contributed by atoms with Crippen molar-refractivity contribution in [1.29, 1.82) is 0 Å². The van der Waals surface area contributed by atoms with Crippen LogP contribution in [0.25, 0.3) is 0 Å². The Labute approximate surface area is 86.1 Å². The van der Waals surface area contributed by atoms with Crippen LogP contribution in [0, 0.1) is 0 Å². The van der Waals surface area contributed by atoms with Crippen molar-refractivity contribution in [2.24, 2.45) is 10.7 Å². The minimum Gasteiger partial charge on any atom is -0.377 e. The molecule has 1 saturated heterocycles. The maximum atomic E-state index is 5.89. The summed E-state index contributed by atoms with van der Waals surface area (Å²) < 4.78 is 5.54. The third-order valence-electron chi connectivity index (χ3n) is 2.27. The fraction of sp³-hybridized carbons (Fsp3) is 0.900. The van der Waals surface area contributed by atoms with Gasteiger partial charge in [0.2, 0.25) is 0 Å². The van der Waals surface area contributed by atoms with Crippen LogP contribution in [0.1, 0.15) is 26.7 Å². The van der Waals surface area contributed by atoms with Gasteiger partial charge in [-0.1, -0.05) is 6.92 Å². The summed E-state index contributed by atoms with van der Waals surface area (Å²) in [5.41, 5.74) is 5.89. The third-order valence-corrected chi connectivity index (χ3v) is 2.27. The van der Waals surface area contributed by atoms with Gasteiger partial charge in [0.15, 0.2) is 5.96 Å². The Morgan fingerprint density at radius 1 is 1.64 bits per heavy atom. The predicted molar refractivity (Wildman–Crippen MR) is 58.4 cm³/mol. The summed E-state index contributed by atoms with van der Waals surface area (Å²) >= 11 is 0. The second kappa shape index (κ2) is 5.86. The van der Waals surface area contributed by atoms with Gasteiger partial charge in [-0.25, -0.2) is 0 Å². The average molecular weight is 199 g/mol. The van der Waals surface area contributed by atoms with Crippen molar-refractivity contribution in [3.63, 3.8) is 0 Å². The van der Waals surface area contributed by atoms with E-state index in [2.05, 4.69) is 23.7 Å². The highest BCUT2D eigenvalue weighted by molar-refractivity contribution is 5.78. The number of hydrogen-bond acceptors (Lipinski definition) is 2. The first-order valence-corrected chi connectivity index (χ1v) is 5.40. The smallest absolute Gasteiger partial charge is 0.191 e. The monoisotopic (exact) mass is 199 g/mol. The molecule has 4 heteroatoms. The van der Waals surface area contributed by atoms with Crippen molar-refractivity contribution >= 4 is 5.96 Å². The van der Waals surface area contributed by atoms with E-state index in [9.17, 15) is 0 Å². The van der Waals surface area contributed by atoms with E-state index in [-0.39, 0.29) is 6.10 Å². The zero-order valence-corrected chi connectivity index (χ0v) is 9.20. The fourth-order valence-electron chi connectivity index (χ4n) is 1.53. The van der Waals surface area contributed by atoms with Gasteiger partial charge >= 0.3 is 0 Å². The van der Waals surface area contributed by atoms with Crippen molar-refractivity contribution in [2.75, 3.05) is 26.2 Å². The third kappa shape index (κ3) is 3.54. The molecule has 2 N–H and O–H groups in total. The quantitative estimate of drug-likeness (QED) is 0.529. The van der Waals surface area contributed by atoms with E-state index < -0.39 is 0 Å². The Balaban J connectivity index is 2.47. The lowest BCUT2D eigenvalue weighted by atomic mass is 10.3. The van der Waals surface area contributed by atoms with Crippen molar-refractivity contribution in [1.82, 2.24) is 4.90 Å². The lowest BCUT2D eigenvalue weighted by Gasteiger charge is -2.22. The van der Waals surface area contributed by atoms with Crippen molar-refractivity contribution in [3.05, 3.63) is 0 Å². The van der Waals surface area contributed by atoms with E-state index in [1.165, 1.54) is 0 Å². The molecule has 0 bridgehead atoms. The van der Waals surface area contributed by atoms with Crippen molar-refractivity contribution < 1.29 is 4.74 Å². The first-order chi connectivity index (χ1) is 6.74. The fourth-order valence-corrected chi connectivity index (χ4v) is 1.53. The summed E-state index contributed by atoms with van der Waals surface area (Å²) in [6, 6.07) is 0. The highest BCUT2D eigenvalue weighted by Crippen LogP contribution is 2.04. The summed E-state index contributed by atoms with van der Waals surface area (Å²) in [5, 5.41) is 0. The van der Waals surface area contributed by atoms with Crippen molar-refractivity contribution in [3.8, 4) is 0 Å². The predicted octanol–water partition coefficient (Wildman–Crippen LogP) is 0.822. The lowest BCUT2D eigenvalue weighted by molar-refractivity contribution is 0.0742. The largest absolute Gasteiger partial charge is 0.377 e. The summed E-state index contributed by atoms with van der Waals surface area (Å²) in [6.45, 7) is 7.65. The van der Waals surface area contributed by atoms with Crippen LogP contribution in [0.15, 0.2) is 4.99 Å². The molecule has 82 valence electrons. The standard InChI is InChI=1S/C10H21N3O/c1-3-5-12-10(11)13-6-4-7-14-9(2)8-13/h9H,3-8H2,1-2H3,(H2,11,12). The van der Waals surface area contributed by atoms with Gasteiger partial charge in [0.25, 0.3) is 0 Å². The summed E-state index contributed by atoms with van der Waals surface area (Å²) in [6.07, 6.45) is 2.33. The normalized spacial score (nSPS) is 24.9. The number of hydrogen-bond donors (Lipinski definition) is 1. The maximum absolute atomic E-state index is 5.89. The molecule has 1 aliphatic heterocycles. The molecule has 0 spiro atoms. The Kier molecular flexibility index (Phi) is 4.73. The number of nitrogens with two attached hydrogens (primary N) is 1. The molecule has 0 aromatic heterocycles. The van der Waals surface area contributed by atoms with E-state index in [4.69, 9.17) is 10.5 Å². The molecular weight excluding hydrogens is 178 g/mol. The van der Waals surface area contributed by atoms with Gasteiger partial charge in [-0.15, -0.1) is 0 Å². The summed E-state index contributed by atoms with van der Waals surface area (Å²) in [4.78, 5) is 6.43. The van der Waals surface area contributed by atoms with Gasteiger partial charge in [-0.3, -0.25) is 4.99 Å². The zero-order chi connectivity index (χ0) is 10.4. The van der Waals surface area contributed by atoms with Gasteiger partial charge < -0.3 is 15.4 Å². The maximum Gasteiger partial charge on any atom is 0.191 e. The van der Waals surface area contributed by atoms with Gasteiger partial charge in [0.05, 0.1) is 6.10 Å². The number of aliphatic imine (C=N–C) groups is 1. The molecule has 0 aliphatic carbocycles. The number of ether oxygens (including phenoxy) is 1. The highest BCUT2D eigenvalue weighted by atomic mass is 16.5. The summed E-state index contributed by atoms with van der Waals surface area (Å²) in [5.74, 6) is 0.671. The molecule has 1 aliphatic rings. The van der Waals surface area contributed by atoms with Crippen molar-refractivity contribution in [2.45, 2.75) is 32.8 Å². The van der Waals surface area contributed by atoms with E-state index >= 15 is 0 Å². The van der Waals surface area contributed by atoms with Gasteiger partial charge in [0.1, 0.15) is 0 Å². The van der Waals surface area contributed by atoms with Crippen LogP contribution < -0.4 is 5.73 Å². The van der Waals surface area contributed by atoms with Gasteiger partial charge in [-0.05, 0) is 19.8 Å². The Hall–Kier alpha value is -0.770. The molecule has 4 nitrogen and oxygen atoms in total. The average Bonchev–Trinajstić information content (AvgIpc) is 2.39. The Bertz CT molecular complexity index is 194. The molecule has 1 atom stereocenters. The molecule has 14 heavy (non-hydrogen) atoms. The first-order valence-electron chi connectivity index (χ1n) is 5.40. The SMILES string of the molecule is CCCN=C(N)N1CCCOC(C)C1. The van der Waals surface area contributed by atoms with Crippen LogP contribution in [-0.4, -0.2) is 43.2 Å². The number of nitrogens with zero attached hydrogens (tertiary/aromatic N) is 2. The highest BCUT2D eigenvalue weighted by Gasteiger charge is 2.15. The molecule has 1 rings (SSSR count). The first kappa shape index (κ1) is 11.3. The molecule has 1 unspecified atom stereocenters. The molecule has 0 radical (unpaired) electrons. The Morgan fingerprint density at radius 2 is 2.43 bits per heavy atom. The molecule has 0 saturated carbocycles. The summed E-state index contributed by atoms with van der Waals surface area (Å²) in [7, 11) is 0. The molecule has 1 fully saturated rings. The second-order valence-electron chi connectivity index (χ2n) is 3.72. The van der Waals surface area contributed by atoms with Crippen LogP contribution in [0.5, 0.6) is 0 Å². The second-order valence-corrected chi connectivity index (χ2v) is 3.72. The minimum atomic E-state index is 0.257. The molecule has 0 aromatic rings. The Morgan fingerprint density at radius 3 is 3.14 bits per heavy atom. The van der Waals surface area contributed by atoms with Crippen LogP contribution in [0.4, 0.5) is 0 Å². The zero-order valence-electron chi connectivity index (χ0n) is 9.20. The molecule has 0 amide bonds. The lowest BCUT2D eigenvalue weighted by Crippen LogP contribution is -2.41. The van der Waals surface area contributed by atoms with Crippen LogP contribution >= 0.6 is 0 Å². The van der Waals surface area contributed by atoms with Gasteiger partial charge in [-0.2, -0.15) is 0 Å². The van der Waals surface area contributed by atoms with E-state index in [1.807, 2.05) is 0 Å². The van der Waals surface area contributed by atoms with Crippen LogP contribution in [0.2, 0.25) is 0 Å². The number of guanidine groups is 1. The topological polar surface area (TPSA) is 50.8 Å². The van der Waals surface area contributed by atoms with E-state index in [1.54, 1.807) is 0 Å². The van der Waals surface area contributed by atoms with Crippen LogP contribution in [0.3, 0.4) is 0 Å². The van der Waals surface area contributed by atoms with Gasteiger partial charge in [0, 0.05) is 26.2 Å². The molecule has 1 heterocycles. The van der Waals surface area contributed by atoms with E-state index in [0.717, 1.165) is 39.1 Å². The van der Waals surface area contributed by atoms with E-state index in [0.29, 0.717) is 5.96 Å². The number of rotatable bonds is 2. The van der Waals surface area contributed by atoms with Crippen LogP contribution in [-0.2, 0) is 4.74 Å². The molecular formula is C10H21N3O.